The predicted octanol–water partition coefficient (Wildman–Crippen LogP) is 0.396. The van der Waals surface area contributed by atoms with E-state index in [-0.39, 0.29) is 17.1 Å². The number of carboxylic acid groups (broad SMARTS) is 1. The van der Waals surface area contributed by atoms with Crippen molar-refractivity contribution >= 4 is 23.5 Å². The molecule has 0 aliphatic heterocycles. The summed E-state index contributed by atoms with van der Waals surface area (Å²) >= 11 is 1.26. The van der Waals surface area contributed by atoms with Crippen LogP contribution in [0, 0.1) is 0 Å². The molecule has 0 aromatic carbocycles. The molecule has 0 aliphatic rings. The molecule has 102 valence electrons. The van der Waals surface area contributed by atoms with E-state index in [0.29, 0.717) is 16.7 Å². The SMILES string of the molecule is O=C(O)c1ccc(CSc2nnc3[nH]c(=O)cnn23)o1. The Bertz CT molecular complexity index is 835. The summed E-state index contributed by atoms with van der Waals surface area (Å²) in [4.78, 5) is 24.2. The largest absolute Gasteiger partial charge is 0.475 e. The normalized spacial score (nSPS) is 11.0. The number of aromatic nitrogens is 5. The second-order valence-electron chi connectivity index (χ2n) is 3.71. The Hall–Kier alpha value is -2.62. The minimum Gasteiger partial charge on any atom is -0.475 e. The summed E-state index contributed by atoms with van der Waals surface area (Å²) in [6.45, 7) is 0. The van der Waals surface area contributed by atoms with Crippen molar-refractivity contribution in [1.82, 2.24) is 24.8 Å². The number of thioether (sulfide) groups is 1. The van der Waals surface area contributed by atoms with Crippen LogP contribution in [0.4, 0.5) is 0 Å². The fraction of sp³-hybridized carbons (Fsp3) is 0.100. The highest BCUT2D eigenvalue weighted by molar-refractivity contribution is 7.98. The Morgan fingerprint density at radius 1 is 1.45 bits per heavy atom. The summed E-state index contributed by atoms with van der Waals surface area (Å²) in [7, 11) is 0. The lowest BCUT2D eigenvalue weighted by Crippen LogP contribution is -2.09. The zero-order chi connectivity index (χ0) is 14.1. The van der Waals surface area contributed by atoms with Crippen LogP contribution < -0.4 is 5.56 Å². The summed E-state index contributed by atoms with van der Waals surface area (Å²) in [6.07, 6.45) is 1.12. The quantitative estimate of drug-likeness (QED) is 0.662. The minimum atomic E-state index is -1.12. The second-order valence-corrected chi connectivity index (χ2v) is 4.65. The van der Waals surface area contributed by atoms with E-state index in [1.165, 1.54) is 22.3 Å². The number of hydrogen-bond acceptors (Lipinski definition) is 7. The van der Waals surface area contributed by atoms with Crippen LogP contribution in [0.2, 0.25) is 0 Å². The third-order valence-corrected chi connectivity index (χ3v) is 3.30. The Kier molecular flexibility index (Phi) is 2.99. The van der Waals surface area contributed by atoms with Gasteiger partial charge in [0, 0.05) is 0 Å². The Balaban J connectivity index is 1.79. The standard InChI is InChI=1S/C10H7N5O4S/c16-7-3-11-15-9(12-7)13-14-10(15)20-4-5-1-2-6(19-5)8(17)18/h1-3H,4H2,(H,17,18)(H,12,13,16). The summed E-state index contributed by atoms with van der Waals surface area (Å²) in [6, 6.07) is 2.96. The van der Waals surface area contributed by atoms with Crippen LogP contribution in [-0.2, 0) is 5.75 Å². The molecular weight excluding hydrogens is 286 g/mol. The van der Waals surface area contributed by atoms with Crippen molar-refractivity contribution in [1.29, 1.82) is 0 Å². The second kappa shape index (κ2) is 4.81. The van der Waals surface area contributed by atoms with Crippen molar-refractivity contribution < 1.29 is 14.3 Å². The van der Waals surface area contributed by atoms with Crippen molar-refractivity contribution in [3.05, 3.63) is 40.2 Å². The summed E-state index contributed by atoms with van der Waals surface area (Å²) in [5.74, 6) is -0.128. The topological polar surface area (TPSA) is 126 Å². The number of nitrogens with zero attached hydrogens (tertiary/aromatic N) is 4. The number of carboxylic acids is 1. The molecule has 0 saturated carbocycles. The summed E-state index contributed by atoms with van der Waals surface area (Å²) in [5, 5.41) is 20.8. The van der Waals surface area contributed by atoms with Gasteiger partial charge in [0.15, 0.2) is 0 Å². The van der Waals surface area contributed by atoms with Crippen LogP contribution in [0.25, 0.3) is 5.78 Å². The molecule has 0 spiro atoms. The summed E-state index contributed by atoms with van der Waals surface area (Å²) < 4.78 is 6.50. The van der Waals surface area contributed by atoms with E-state index in [1.807, 2.05) is 0 Å². The molecule has 0 amide bonds. The molecule has 3 aromatic heterocycles. The number of aromatic amines is 1. The maximum absolute atomic E-state index is 11.1. The number of H-pyrrole nitrogens is 1. The van der Waals surface area contributed by atoms with Crippen molar-refractivity contribution in [2.75, 3.05) is 0 Å². The fourth-order valence-corrected chi connectivity index (χ4v) is 2.28. The molecule has 0 bridgehead atoms. The third-order valence-electron chi connectivity index (χ3n) is 2.35. The Morgan fingerprint density at radius 3 is 3.05 bits per heavy atom. The first-order chi connectivity index (χ1) is 9.63. The van der Waals surface area contributed by atoms with Gasteiger partial charge in [-0.3, -0.25) is 9.78 Å². The number of carbonyl (C=O) groups is 1. The van der Waals surface area contributed by atoms with E-state index in [2.05, 4.69) is 20.3 Å². The predicted molar refractivity (Wildman–Crippen MR) is 66.6 cm³/mol. The number of fused-ring (bicyclic) bond motifs is 1. The van der Waals surface area contributed by atoms with Gasteiger partial charge < -0.3 is 9.52 Å². The van der Waals surface area contributed by atoms with Gasteiger partial charge in [-0.05, 0) is 12.1 Å². The van der Waals surface area contributed by atoms with Gasteiger partial charge in [0.2, 0.25) is 10.9 Å². The van der Waals surface area contributed by atoms with Crippen LogP contribution in [0.15, 0.2) is 32.7 Å². The molecule has 0 radical (unpaired) electrons. The smallest absolute Gasteiger partial charge is 0.371 e. The van der Waals surface area contributed by atoms with Gasteiger partial charge in [0.1, 0.15) is 12.0 Å². The van der Waals surface area contributed by atoms with Crippen LogP contribution in [0.5, 0.6) is 0 Å². The van der Waals surface area contributed by atoms with Gasteiger partial charge in [0.05, 0.1) is 5.75 Å². The molecule has 3 aromatic rings. The van der Waals surface area contributed by atoms with Gasteiger partial charge >= 0.3 is 5.97 Å². The number of rotatable bonds is 4. The maximum Gasteiger partial charge on any atom is 0.371 e. The highest BCUT2D eigenvalue weighted by Gasteiger charge is 2.12. The first-order valence-corrected chi connectivity index (χ1v) is 6.37. The maximum atomic E-state index is 11.1. The lowest BCUT2D eigenvalue weighted by Gasteiger charge is -1.96. The van der Waals surface area contributed by atoms with Gasteiger partial charge in [-0.25, -0.2) is 4.79 Å². The van der Waals surface area contributed by atoms with Gasteiger partial charge in [-0.2, -0.15) is 9.61 Å². The first kappa shape index (κ1) is 12.4. The van der Waals surface area contributed by atoms with E-state index in [0.717, 1.165) is 6.20 Å². The monoisotopic (exact) mass is 293 g/mol. The molecule has 3 rings (SSSR count). The lowest BCUT2D eigenvalue weighted by atomic mass is 10.4. The van der Waals surface area contributed by atoms with E-state index in [1.54, 1.807) is 6.07 Å². The van der Waals surface area contributed by atoms with Crippen LogP contribution in [0.1, 0.15) is 16.3 Å². The zero-order valence-corrected chi connectivity index (χ0v) is 10.6. The molecule has 0 saturated heterocycles. The number of hydrogen-bond donors (Lipinski definition) is 2. The number of aromatic carboxylic acids is 1. The molecule has 0 fully saturated rings. The molecule has 10 heteroatoms. The first-order valence-electron chi connectivity index (χ1n) is 5.39. The number of furan rings is 1. The fourth-order valence-electron chi connectivity index (χ4n) is 1.50. The molecule has 2 N–H and O–H groups in total. The zero-order valence-electron chi connectivity index (χ0n) is 9.81. The number of nitrogens with one attached hydrogen (secondary N) is 1. The van der Waals surface area contributed by atoms with Crippen LogP contribution in [-0.4, -0.2) is 35.9 Å². The highest BCUT2D eigenvalue weighted by Crippen LogP contribution is 2.21. The van der Waals surface area contributed by atoms with E-state index >= 15 is 0 Å². The lowest BCUT2D eigenvalue weighted by molar-refractivity contribution is 0.0661. The van der Waals surface area contributed by atoms with Crippen molar-refractivity contribution in [3.63, 3.8) is 0 Å². The van der Waals surface area contributed by atoms with E-state index < -0.39 is 5.97 Å². The Labute approximate surface area is 114 Å². The van der Waals surface area contributed by atoms with Gasteiger partial charge in [0.25, 0.3) is 11.3 Å². The molecular formula is C10H7N5O4S. The molecule has 0 atom stereocenters. The van der Waals surface area contributed by atoms with Crippen molar-refractivity contribution in [2.45, 2.75) is 10.9 Å². The van der Waals surface area contributed by atoms with Crippen LogP contribution >= 0.6 is 11.8 Å². The molecule has 0 aliphatic carbocycles. The summed E-state index contributed by atoms with van der Waals surface area (Å²) in [5.41, 5.74) is -0.362. The van der Waals surface area contributed by atoms with Gasteiger partial charge in [-0.15, -0.1) is 10.2 Å². The Morgan fingerprint density at radius 2 is 2.30 bits per heavy atom. The van der Waals surface area contributed by atoms with Crippen molar-refractivity contribution in [2.24, 2.45) is 0 Å². The van der Waals surface area contributed by atoms with Crippen molar-refractivity contribution in [3.8, 4) is 0 Å². The molecule has 0 unspecified atom stereocenters. The minimum absolute atomic E-state index is 0.117. The third kappa shape index (κ3) is 2.28. The highest BCUT2D eigenvalue weighted by atomic mass is 32.2. The average Bonchev–Trinajstić information content (AvgIpc) is 3.02. The molecule has 9 nitrogen and oxygen atoms in total. The van der Waals surface area contributed by atoms with Crippen LogP contribution in [0.3, 0.4) is 0 Å². The molecule has 3 heterocycles. The van der Waals surface area contributed by atoms with E-state index in [9.17, 15) is 9.59 Å². The molecule has 20 heavy (non-hydrogen) atoms. The average molecular weight is 293 g/mol. The van der Waals surface area contributed by atoms with Gasteiger partial charge in [-0.1, -0.05) is 11.8 Å². The van der Waals surface area contributed by atoms with E-state index in [4.69, 9.17) is 9.52 Å².